The molecule has 1 unspecified atom stereocenters. The lowest BCUT2D eigenvalue weighted by Gasteiger charge is -2.42. The zero-order valence-electron chi connectivity index (χ0n) is 5.53. The molecule has 0 aromatic rings. The van der Waals surface area contributed by atoms with E-state index in [-0.39, 0.29) is 18.1 Å². The number of hydrogen-bond acceptors (Lipinski definition) is 2. The van der Waals surface area contributed by atoms with Gasteiger partial charge in [-0.25, -0.2) is 0 Å². The van der Waals surface area contributed by atoms with Gasteiger partial charge < -0.3 is 10.0 Å². The molecular formula is C7H9NO2. The minimum atomic E-state index is -0.331. The number of nitrogens with zero attached hydrogens (tertiary/aromatic N) is 1. The maximum absolute atomic E-state index is 10.8. The molecule has 2 aliphatic rings. The average molecular weight is 139 g/mol. The second-order valence-corrected chi connectivity index (χ2v) is 2.76. The highest BCUT2D eigenvalue weighted by molar-refractivity contribution is 5.84. The summed E-state index contributed by atoms with van der Waals surface area (Å²) in [6.07, 6.45) is 4.48. The van der Waals surface area contributed by atoms with Gasteiger partial charge in [0.1, 0.15) is 0 Å². The van der Waals surface area contributed by atoms with Crippen LogP contribution in [0.3, 0.4) is 0 Å². The van der Waals surface area contributed by atoms with E-state index in [0.29, 0.717) is 12.8 Å². The molecule has 0 bridgehead atoms. The third kappa shape index (κ3) is 0.609. The first-order valence-electron chi connectivity index (χ1n) is 3.45. The molecule has 2 aliphatic heterocycles. The highest BCUT2D eigenvalue weighted by Crippen LogP contribution is 2.27. The number of aliphatic hydroxyl groups is 1. The molecular weight excluding hydrogens is 130 g/mol. The Bertz CT molecular complexity index is 200. The van der Waals surface area contributed by atoms with Gasteiger partial charge in [-0.3, -0.25) is 4.79 Å². The predicted octanol–water partition coefficient (Wildman–Crippen LogP) is -0.134. The molecule has 1 N–H and O–H groups in total. The van der Waals surface area contributed by atoms with Crippen molar-refractivity contribution in [3.63, 3.8) is 0 Å². The fourth-order valence-corrected chi connectivity index (χ4v) is 1.44. The van der Waals surface area contributed by atoms with Crippen molar-refractivity contribution in [2.45, 2.75) is 25.0 Å². The van der Waals surface area contributed by atoms with Crippen LogP contribution < -0.4 is 0 Å². The molecule has 1 fully saturated rings. The van der Waals surface area contributed by atoms with Crippen molar-refractivity contribution in [1.82, 2.24) is 4.90 Å². The SMILES string of the molecule is O=C1C[C@H]2C(O)CC=CN12. The molecule has 1 saturated heterocycles. The maximum Gasteiger partial charge on any atom is 0.229 e. The van der Waals surface area contributed by atoms with Crippen molar-refractivity contribution in [2.75, 3.05) is 0 Å². The molecule has 0 spiro atoms. The normalized spacial score (nSPS) is 37.3. The molecule has 2 rings (SSSR count). The monoisotopic (exact) mass is 139 g/mol. The molecule has 0 saturated carbocycles. The maximum atomic E-state index is 10.8. The Hall–Kier alpha value is -0.830. The molecule has 0 radical (unpaired) electrons. The van der Waals surface area contributed by atoms with Crippen LogP contribution in [0.15, 0.2) is 12.3 Å². The van der Waals surface area contributed by atoms with Gasteiger partial charge >= 0.3 is 0 Å². The summed E-state index contributed by atoms with van der Waals surface area (Å²) in [4.78, 5) is 12.4. The number of aliphatic hydroxyl groups excluding tert-OH is 1. The standard InChI is InChI=1S/C7H9NO2/c9-6-2-1-3-8-5(6)4-7(8)10/h1,3,5-6,9H,2,4H2/t5-,6?/m0/s1. The molecule has 2 atom stereocenters. The lowest BCUT2D eigenvalue weighted by atomic mass is 9.92. The first kappa shape index (κ1) is 5.92. The van der Waals surface area contributed by atoms with E-state index in [2.05, 4.69) is 0 Å². The van der Waals surface area contributed by atoms with E-state index in [1.807, 2.05) is 6.08 Å². The lowest BCUT2D eigenvalue weighted by Crippen LogP contribution is -2.56. The Morgan fingerprint density at radius 2 is 2.50 bits per heavy atom. The number of hydrogen-bond donors (Lipinski definition) is 1. The van der Waals surface area contributed by atoms with Crippen LogP contribution in [0.5, 0.6) is 0 Å². The summed E-state index contributed by atoms with van der Waals surface area (Å²) in [6.45, 7) is 0. The topological polar surface area (TPSA) is 40.5 Å². The molecule has 2 heterocycles. The minimum Gasteiger partial charge on any atom is -0.391 e. The van der Waals surface area contributed by atoms with Crippen molar-refractivity contribution in [2.24, 2.45) is 0 Å². The molecule has 0 aliphatic carbocycles. The fraction of sp³-hybridized carbons (Fsp3) is 0.571. The summed E-state index contributed by atoms with van der Waals surface area (Å²) in [5.41, 5.74) is 0. The third-order valence-corrected chi connectivity index (χ3v) is 2.12. The average Bonchev–Trinajstić information content (AvgIpc) is 1.91. The number of fused-ring (bicyclic) bond motifs is 1. The summed E-state index contributed by atoms with van der Waals surface area (Å²) in [5.74, 6) is 0.125. The Morgan fingerprint density at radius 1 is 1.70 bits per heavy atom. The lowest BCUT2D eigenvalue weighted by molar-refractivity contribution is -0.147. The van der Waals surface area contributed by atoms with Crippen LogP contribution >= 0.6 is 0 Å². The van der Waals surface area contributed by atoms with Gasteiger partial charge in [-0.05, 0) is 6.42 Å². The van der Waals surface area contributed by atoms with E-state index in [0.717, 1.165) is 0 Å². The van der Waals surface area contributed by atoms with Crippen molar-refractivity contribution in [3.8, 4) is 0 Å². The van der Waals surface area contributed by atoms with Gasteiger partial charge in [0.25, 0.3) is 0 Å². The molecule has 3 nitrogen and oxygen atoms in total. The van der Waals surface area contributed by atoms with E-state index in [9.17, 15) is 9.90 Å². The van der Waals surface area contributed by atoms with Gasteiger partial charge in [0.2, 0.25) is 5.91 Å². The van der Waals surface area contributed by atoms with Crippen LogP contribution in [0.4, 0.5) is 0 Å². The highest BCUT2D eigenvalue weighted by Gasteiger charge is 2.40. The number of carbonyl (C=O) groups is 1. The van der Waals surface area contributed by atoms with E-state index in [4.69, 9.17) is 0 Å². The summed E-state index contributed by atoms with van der Waals surface area (Å²) < 4.78 is 0. The van der Waals surface area contributed by atoms with Crippen LogP contribution in [0, 0.1) is 0 Å². The first-order chi connectivity index (χ1) is 4.79. The van der Waals surface area contributed by atoms with Crippen LogP contribution in [0.1, 0.15) is 12.8 Å². The summed E-state index contributed by atoms with van der Waals surface area (Å²) in [7, 11) is 0. The summed E-state index contributed by atoms with van der Waals surface area (Å²) >= 11 is 0. The van der Waals surface area contributed by atoms with Gasteiger partial charge in [0.15, 0.2) is 0 Å². The highest BCUT2D eigenvalue weighted by atomic mass is 16.3. The number of β-lactam (4-membered cyclic amide) rings is 1. The number of rotatable bonds is 0. The van der Waals surface area contributed by atoms with Crippen molar-refractivity contribution >= 4 is 5.91 Å². The number of amides is 1. The molecule has 0 aromatic heterocycles. The Morgan fingerprint density at radius 3 is 3.10 bits per heavy atom. The first-order valence-corrected chi connectivity index (χ1v) is 3.45. The smallest absolute Gasteiger partial charge is 0.229 e. The Kier molecular flexibility index (Phi) is 1.08. The molecule has 54 valence electrons. The molecule has 0 aromatic carbocycles. The minimum absolute atomic E-state index is 0.0810. The second-order valence-electron chi connectivity index (χ2n) is 2.76. The van der Waals surface area contributed by atoms with Gasteiger partial charge in [0.05, 0.1) is 18.6 Å². The van der Waals surface area contributed by atoms with Crippen LogP contribution in [-0.2, 0) is 4.79 Å². The number of carbonyl (C=O) groups excluding carboxylic acids is 1. The van der Waals surface area contributed by atoms with E-state index >= 15 is 0 Å². The quantitative estimate of drug-likeness (QED) is 0.475. The summed E-state index contributed by atoms with van der Waals surface area (Å²) in [5, 5.41) is 9.27. The van der Waals surface area contributed by atoms with Crippen LogP contribution in [-0.4, -0.2) is 28.1 Å². The zero-order valence-corrected chi connectivity index (χ0v) is 5.53. The van der Waals surface area contributed by atoms with Gasteiger partial charge in [-0.1, -0.05) is 6.08 Å². The van der Waals surface area contributed by atoms with Crippen molar-refractivity contribution < 1.29 is 9.90 Å². The predicted molar refractivity (Wildman–Crippen MR) is 35.0 cm³/mol. The molecule has 1 amide bonds. The fourth-order valence-electron chi connectivity index (χ4n) is 1.44. The van der Waals surface area contributed by atoms with Gasteiger partial charge in [-0.15, -0.1) is 0 Å². The Balaban J connectivity index is 2.18. The van der Waals surface area contributed by atoms with Crippen molar-refractivity contribution in [1.29, 1.82) is 0 Å². The van der Waals surface area contributed by atoms with Crippen LogP contribution in [0.2, 0.25) is 0 Å². The largest absolute Gasteiger partial charge is 0.391 e. The third-order valence-electron chi connectivity index (χ3n) is 2.12. The zero-order chi connectivity index (χ0) is 7.14. The van der Waals surface area contributed by atoms with E-state index in [1.54, 1.807) is 11.1 Å². The van der Waals surface area contributed by atoms with E-state index < -0.39 is 0 Å². The van der Waals surface area contributed by atoms with Crippen LogP contribution in [0.25, 0.3) is 0 Å². The Labute approximate surface area is 58.9 Å². The van der Waals surface area contributed by atoms with Crippen molar-refractivity contribution in [3.05, 3.63) is 12.3 Å². The molecule has 10 heavy (non-hydrogen) atoms. The van der Waals surface area contributed by atoms with E-state index in [1.165, 1.54) is 0 Å². The van der Waals surface area contributed by atoms with Gasteiger partial charge in [-0.2, -0.15) is 0 Å². The summed E-state index contributed by atoms with van der Waals surface area (Å²) in [6, 6.07) is 0.0810. The van der Waals surface area contributed by atoms with Gasteiger partial charge in [0, 0.05) is 6.20 Å². The molecule has 3 heteroatoms. The second kappa shape index (κ2) is 1.83.